The van der Waals surface area contributed by atoms with Gasteiger partial charge >= 0.3 is 0 Å². The fourth-order valence-electron chi connectivity index (χ4n) is 3.68. The van der Waals surface area contributed by atoms with Gasteiger partial charge in [-0.15, -0.1) is 10.2 Å². The number of rotatable bonds is 8. The van der Waals surface area contributed by atoms with Crippen molar-refractivity contribution in [2.24, 2.45) is 11.8 Å². The Morgan fingerprint density at radius 2 is 2.19 bits per heavy atom. The third kappa shape index (κ3) is 5.91. The average molecular weight is 369 g/mol. The van der Waals surface area contributed by atoms with E-state index in [1.807, 2.05) is 6.07 Å². The van der Waals surface area contributed by atoms with Crippen molar-refractivity contribution in [1.82, 2.24) is 15.5 Å². The molecule has 1 aromatic rings. The van der Waals surface area contributed by atoms with Crippen LogP contribution in [0.4, 0.5) is 5.82 Å². The van der Waals surface area contributed by atoms with Crippen molar-refractivity contribution < 1.29 is 4.79 Å². The van der Waals surface area contributed by atoms with Crippen LogP contribution in [0.15, 0.2) is 35.9 Å². The van der Waals surface area contributed by atoms with E-state index < -0.39 is 0 Å². The normalized spacial score (nSPS) is 19.4. The van der Waals surface area contributed by atoms with Gasteiger partial charge in [0.2, 0.25) is 0 Å². The molecule has 1 aliphatic carbocycles. The van der Waals surface area contributed by atoms with E-state index in [1.54, 1.807) is 6.07 Å². The number of nitrogens with one attached hydrogen (secondary N) is 1. The Morgan fingerprint density at radius 1 is 1.30 bits per heavy atom. The number of aromatic nitrogens is 2. The van der Waals surface area contributed by atoms with E-state index in [0.29, 0.717) is 24.1 Å². The average Bonchev–Trinajstić information content (AvgIpc) is 3.16. The molecule has 1 unspecified atom stereocenters. The topological polar surface area (TPSA) is 58.1 Å². The summed E-state index contributed by atoms with van der Waals surface area (Å²) < 4.78 is 0. The number of anilines is 1. The molecule has 1 aromatic heterocycles. The van der Waals surface area contributed by atoms with Crippen LogP contribution in [0.1, 0.15) is 62.9 Å². The molecular formula is C22H32N4O. The molecule has 0 bridgehead atoms. The van der Waals surface area contributed by atoms with E-state index in [2.05, 4.69) is 52.5 Å². The van der Waals surface area contributed by atoms with Crippen LogP contribution >= 0.6 is 0 Å². The van der Waals surface area contributed by atoms with E-state index >= 15 is 0 Å². The lowest BCUT2D eigenvalue weighted by atomic mass is 9.96. The maximum atomic E-state index is 12.1. The second-order valence-corrected chi connectivity index (χ2v) is 8.11. The standard InChI is InChI=1S/C22H32N4O/c1-17(2)12-14-23-22(27)20-10-11-21(25-24-20)26-15-13-19(16-26)9-8-18-6-4-3-5-7-18/h4,6-7,10-11,17,19H,3,5,8-9,12-16H2,1-2H3,(H,23,27). The Kier molecular flexibility index (Phi) is 7.02. The van der Waals surface area contributed by atoms with Gasteiger partial charge in [-0.2, -0.15) is 0 Å². The Labute approximate surface area is 162 Å². The first-order valence-electron chi connectivity index (χ1n) is 10.3. The van der Waals surface area contributed by atoms with Gasteiger partial charge in [0.1, 0.15) is 0 Å². The smallest absolute Gasteiger partial charge is 0.271 e. The largest absolute Gasteiger partial charge is 0.355 e. The molecular weight excluding hydrogens is 336 g/mol. The minimum absolute atomic E-state index is 0.136. The van der Waals surface area contributed by atoms with Gasteiger partial charge in [-0.25, -0.2) is 0 Å². The Morgan fingerprint density at radius 3 is 2.89 bits per heavy atom. The van der Waals surface area contributed by atoms with Gasteiger partial charge in [0.25, 0.3) is 5.91 Å². The Hall–Kier alpha value is -2.17. The molecule has 2 aliphatic rings. The van der Waals surface area contributed by atoms with Gasteiger partial charge in [-0.1, -0.05) is 37.6 Å². The number of hydrogen-bond donors (Lipinski definition) is 1. The highest BCUT2D eigenvalue weighted by Gasteiger charge is 2.24. The molecule has 0 radical (unpaired) electrons. The van der Waals surface area contributed by atoms with Gasteiger partial charge < -0.3 is 10.2 Å². The summed E-state index contributed by atoms with van der Waals surface area (Å²) >= 11 is 0. The number of amides is 1. The highest BCUT2D eigenvalue weighted by molar-refractivity contribution is 5.92. The quantitative estimate of drug-likeness (QED) is 0.749. The summed E-state index contributed by atoms with van der Waals surface area (Å²) in [7, 11) is 0. The fourth-order valence-corrected chi connectivity index (χ4v) is 3.68. The molecule has 1 fully saturated rings. The third-order valence-corrected chi connectivity index (χ3v) is 5.41. The lowest BCUT2D eigenvalue weighted by Gasteiger charge is -2.17. The van der Waals surface area contributed by atoms with E-state index in [-0.39, 0.29) is 5.91 Å². The number of allylic oxidation sites excluding steroid dienone is 4. The van der Waals surface area contributed by atoms with Crippen molar-refractivity contribution in [3.8, 4) is 0 Å². The lowest BCUT2D eigenvalue weighted by molar-refractivity contribution is 0.0946. The first kappa shape index (κ1) is 19.6. The van der Waals surface area contributed by atoms with Gasteiger partial charge in [0.15, 0.2) is 11.5 Å². The molecule has 5 heteroatoms. The third-order valence-electron chi connectivity index (χ3n) is 5.41. The zero-order valence-electron chi connectivity index (χ0n) is 16.7. The van der Waals surface area contributed by atoms with E-state index in [4.69, 9.17) is 0 Å². The first-order valence-corrected chi connectivity index (χ1v) is 10.3. The Balaban J connectivity index is 1.45. The van der Waals surface area contributed by atoms with E-state index in [1.165, 1.54) is 37.7 Å². The minimum atomic E-state index is -0.136. The van der Waals surface area contributed by atoms with Crippen molar-refractivity contribution in [2.45, 2.75) is 52.4 Å². The van der Waals surface area contributed by atoms with Crippen LogP contribution in [0.25, 0.3) is 0 Å². The Bertz CT molecular complexity index is 678. The predicted octanol–water partition coefficient (Wildman–Crippen LogP) is 4.14. The summed E-state index contributed by atoms with van der Waals surface area (Å²) in [5, 5.41) is 11.4. The summed E-state index contributed by atoms with van der Waals surface area (Å²) in [6.45, 7) is 7.03. The predicted molar refractivity (Wildman–Crippen MR) is 110 cm³/mol. The van der Waals surface area contributed by atoms with Crippen molar-refractivity contribution in [2.75, 3.05) is 24.5 Å². The second kappa shape index (κ2) is 9.67. The van der Waals surface area contributed by atoms with Gasteiger partial charge in [0.05, 0.1) is 0 Å². The van der Waals surface area contributed by atoms with Crippen LogP contribution in [-0.2, 0) is 0 Å². The summed E-state index contributed by atoms with van der Waals surface area (Å²) in [5.74, 6) is 2.03. The number of carbonyl (C=O) groups is 1. The first-order chi connectivity index (χ1) is 13.1. The van der Waals surface area contributed by atoms with Gasteiger partial charge in [-0.05, 0) is 62.5 Å². The number of nitrogens with zero attached hydrogens (tertiary/aromatic N) is 3. The fraction of sp³-hybridized carbons (Fsp3) is 0.591. The SMILES string of the molecule is CC(C)CCNC(=O)c1ccc(N2CCC(CCC3=CCCC=C3)C2)nn1. The monoisotopic (exact) mass is 368 g/mol. The van der Waals surface area contributed by atoms with Gasteiger partial charge in [0, 0.05) is 19.6 Å². The zero-order chi connectivity index (χ0) is 19.1. The lowest BCUT2D eigenvalue weighted by Crippen LogP contribution is -2.27. The summed E-state index contributed by atoms with van der Waals surface area (Å²) in [6.07, 6.45) is 13.9. The molecule has 1 N–H and O–H groups in total. The second-order valence-electron chi connectivity index (χ2n) is 8.11. The molecule has 1 amide bonds. The molecule has 1 saturated heterocycles. The highest BCUT2D eigenvalue weighted by atomic mass is 16.1. The molecule has 5 nitrogen and oxygen atoms in total. The molecule has 1 atom stereocenters. The van der Waals surface area contributed by atoms with Crippen LogP contribution in [0.3, 0.4) is 0 Å². The molecule has 2 heterocycles. The van der Waals surface area contributed by atoms with Crippen LogP contribution in [0, 0.1) is 11.8 Å². The van der Waals surface area contributed by atoms with Crippen LogP contribution in [0.5, 0.6) is 0 Å². The number of carbonyl (C=O) groups excluding carboxylic acids is 1. The van der Waals surface area contributed by atoms with Gasteiger partial charge in [-0.3, -0.25) is 4.79 Å². The summed E-state index contributed by atoms with van der Waals surface area (Å²) in [6, 6.07) is 3.72. The van der Waals surface area contributed by atoms with Crippen molar-refractivity contribution >= 4 is 11.7 Å². The molecule has 0 saturated carbocycles. The zero-order valence-corrected chi connectivity index (χ0v) is 16.7. The van der Waals surface area contributed by atoms with Crippen LogP contribution < -0.4 is 10.2 Å². The van der Waals surface area contributed by atoms with Crippen molar-refractivity contribution in [3.63, 3.8) is 0 Å². The molecule has 3 rings (SSSR count). The van der Waals surface area contributed by atoms with Crippen LogP contribution in [-0.4, -0.2) is 35.7 Å². The molecule has 27 heavy (non-hydrogen) atoms. The highest BCUT2D eigenvalue weighted by Crippen LogP contribution is 2.27. The minimum Gasteiger partial charge on any atom is -0.355 e. The maximum Gasteiger partial charge on any atom is 0.271 e. The maximum absolute atomic E-state index is 12.1. The van der Waals surface area contributed by atoms with E-state index in [0.717, 1.165) is 25.3 Å². The summed E-state index contributed by atoms with van der Waals surface area (Å²) in [5.41, 5.74) is 1.89. The number of hydrogen-bond acceptors (Lipinski definition) is 4. The molecule has 0 aromatic carbocycles. The van der Waals surface area contributed by atoms with E-state index in [9.17, 15) is 4.79 Å². The van der Waals surface area contributed by atoms with Crippen LogP contribution in [0.2, 0.25) is 0 Å². The van der Waals surface area contributed by atoms with Crippen molar-refractivity contribution in [3.05, 3.63) is 41.6 Å². The summed E-state index contributed by atoms with van der Waals surface area (Å²) in [4.78, 5) is 14.4. The molecule has 0 spiro atoms. The van der Waals surface area contributed by atoms with Crippen molar-refractivity contribution in [1.29, 1.82) is 0 Å². The molecule has 146 valence electrons. The molecule has 1 aliphatic heterocycles.